The van der Waals surface area contributed by atoms with Crippen LogP contribution >= 0.6 is 21.6 Å². The summed E-state index contributed by atoms with van der Waals surface area (Å²) in [6, 6.07) is 18.0. The van der Waals surface area contributed by atoms with Gasteiger partial charge >= 0.3 is 11.4 Å². The minimum Gasteiger partial charge on any atom is -0.342 e. The Morgan fingerprint density at radius 2 is 1.03 bits per heavy atom. The van der Waals surface area contributed by atoms with Gasteiger partial charge in [-0.05, 0) is 35.4 Å². The molecule has 34 heavy (non-hydrogen) atoms. The lowest BCUT2D eigenvalue weighted by molar-refractivity contribution is 1.04. The molecule has 10 nitrogen and oxygen atoms in total. The standard InChI is InChI=1S/C22H20N6O4S2/c29-19-9-17(25-21(31)27-19)23-15-5-1-3-13(7-15)11-33-34-12-14-4-2-6-16(8-14)24-18-10-20(30)28-22(32)26-18/h1-10H,11-12H2,(H3,23,25,27,29,31)(H3,24,26,28,30,32). The SMILES string of the molecule is O=c1cc(Nc2cccc(CSSCc3cccc(Nc4cc(=O)[nH]c(=O)[nH]4)c3)c2)[nH]c(=O)[nH]1. The van der Waals surface area contributed by atoms with Crippen LogP contribution in [0.15, 0.2) is 79.8 Å². The van der Waals surface area contributed by atoms with Crippen LogP contribution in [0.25, 0.3) is 0 Å². The molecule has 0 saturated carbocycles. The van der Waals surface area contributed by atoms with Gasteiger partial charge in [-0.25, -0.2) is 9.59 Å². The highest BCUT2D eigenvalue weighted by atomic mass is 33.1. The fourth-order valence-corrected chi connectivity index (χ4v) is 5.19. The van der Waals surface area contributed by atoms with E-state index in [0.29, 0.717) is 11.6 Å². The van der Waals surface area contributed by atoms with E-state index in [4.69, 9.17) is 0 Å². The zero-order chi connectivity index (χ0) is 23.9. The molecule has 0 saturated heterocycles. The molecule has 6 N–H and O–H groups in total. The summed E-state index contributed by atoms with van der Waals surface area (Å²) in [5.74, 6) is 2.17. The summed E-state index contributed by atoms with van der Waals surface area (Å²) in [6.07, 6.45) is 0. The van der Waals surface area contributed by atoms with Crippen LogP contribution < -0.4 is 33.1 Å². The molecular formula is C22H20N6O4S2. The summed E-state index contributed by atoms with van der Waals surface area (Å²) in [5, 5.41) is 6.07. The van der Waals surface area contributed by atoms with Gasteiger partial charge in [-0.3, -0.25) is 29.5 Å². The summed E-state index contributed by atoms with van der Waals surface area (Å²) in [4.78, 5) is 55.1. The van der Waals surface area contributed by atoms with E-state index in [-0.39, 0.29) is 0 Å². The predicted molar refractivity (Wildman–Crippen MR) is 137 cm³/mol. The van der Waals surface area contributed by atoms with Crippen LogP contribution in [0.4, 0.5) is 23.0 Å². The number of aromatic amines is 4. The first-order valence-electron chi connectivity index (χ1n) is 10.1. The maximum Gasteiger partial charge on any atom is 0.327 e. The van der Waals surface area contributed by atoms with Crippen LogP contribution in [0, 0.1) is 0 Å². The molecule has 4 rings (SSSR count). The highest BCUT2D eigenvalue weighted by Gasteiger charge is 2.03. The van der Waals surface area contributed by atoms with E-state index in [1.165, 1.54) is 12.1 Å². The number of rotatable bonds is 9. The van der Waals surface area contributed by atoms with Crippen LogP contribution in [-0.4, -0.2) is 19.9 Å². The van der Waals surface area contributed by atoms with Gasteiger partial charge in [0.25, 0.3) is 11.1 Å². The summed E-state index contributed by atoms with van der Waals surface area (Å²) in [7, 11) is 3.40. The average molecular weight is 497 g/mol. The number of nitrogens with one attached hydrogen (secondary N) is 6. The molecular weight excluding hydrogens is 476 g/mol. The molecule has 2 aromatic heterocycles. The lowest BCUT2D eigenvalue weighted by atomic mass is 10.2. The third-order valence-corrected chi connectivity index (χ3v) is 6.74. The number of hydrogen-bond acceptors (Lipinski definition) is 8. The molecule has 0 unspecified atom stereocenters. The fourth-order valence-electron chi connectivity index (χ4n) is 3.08. The van der Waals surface area contributed by atoms with Crippen molar-refractivity contribution in [1.82, 2.24) is 19.9 Å². The van der Waals surface area contributed by atoms with Crippen molar-refractivity contribution in [3.05, 3.63) is 113 Å². The maximum atomic E-state index is 11.4. The maximum absolute atomic E-state index is 11.4. The highest BCUT2D eigenvalue weighted by molar-refractivity contribution is 8.76. The van der Waals surface area contributed by atoms with Gasteiger partial charge < -0.3 is 10.6 Å². The molecule has 0 radical (unpaired) electrons. The molecule has 0 aliphatic carbocycles. The van der Waals surface area contributed by atoms with E-state index in [1.807, 2.05) is 48.5 Å². The van der Waals surface area contributed by atoms with E-state index >= 15 is 0 Å². The predicted octanol–water partition coefficient (Wildman–Crippen LogP) is 3.01. The molecule has 4 aromatic rings. The van der Waals surface area contributed by atoms with E-state index in [2.05, 4.69) is 30.6 Å². The molecule has 0 amide bonds. The molecule has 0 atom stereocenters. The van der Waals surface area contributed by atoms with Gasteiger partial charge in [0.2, 0.25) is 0 Å². The van der Waals surface area contributed by atoms with Crippen molar-refractivity contribution in [2.75, 3.05) is 10.6 Å². The molecule has 2 aromatic carbocycles. The monoisotopic (exact) mass is 496 g/mol. The Morgan fingerprint density at radius 1 is 0.588 bits per heavy atom. The molecule has 0 fully saturated rings. The van der Waals surface area contributed by atoms with Crippen molar-refractivity contribution in [2.24, 2.45) is 0 Å². The van der Waals surface area contributed by atoms with E-state index in [9.17, 15) is 19.2 Å². The second-order valence-electron chi connectivity index (χ2n) is 7.18. The number of aromatic nitrogens is 4. The molecule has 2 heterocycles. The topological polar surface area (TPSA) is 155 Å². The number of H-pyrrole nitrogens is 4. The van der Waals surface area contributed by atoms with Gasteiger partial charge in [0, 0.05) is 35.0 Å². The third-order valence-electron chi connectivity index (χ3n) is 4.47. The summed E-state index contributed by atoms with van der Waals surface area (Å²) in [6.45, 7) is 0. The smallest absolute Gasteiger partial charge is 0.327 e. The summed E-state index contributed by atoms with van der Waals surface area (Å²) >= 11 is 0. The van der Waals surface area contributed by atoms with Gasteiger partial charge in [-0.2, -0.15) is 0 Å². The Balaban J connectivity index is 1.30. The lowest BCUT2D eigenvalue weighted by Crippen LogP contribution is -2.22. The average Bonchev–Trinajstić information content (AvgIpc) is 2.76. The Labute approximate surface area is 200 Å². The number of anilines is 4. The van der Waals surface area contributed by atoms with Crippen LogP contribution in [0.1, 0.15) is 11.1 Å². The van der Waals surface area contributed by atoms with Crippen molar-refractivity contribution < 1.29 is 0 Å². The molecule has 0 aliphatic rings. The van der Waals surface area contributed by atoms with Crippen LogP contribution in [0.2, 0.25) is 0 Å². The van der Waals surface area contributed by atoms with Crippen molar-refractivity contribution in [1.29, 1.82) is 0 Å². The first-order valence-corrected chi connectivity index (χ1v) is 12.6. The van der Waals surface area contributed by atoms with E-state index in [1.54, 1.807) is 21.6 Å². The Morgan fingerprint density at radius 3 is 1.44 bits per heavy atom. The van der Waals surface area contributed by atoms with Crippen molar-refractivity contribution in [3.8, 4) is 0 Å². The highest BCUT2D eigenvalue weighted by Crippen LogP contribution is 2.31. The van der Waals surface area contributed by atoms with Crippen LogP contribution in [0.5, 0.6) is 0 Å². The molecule has 0 aliphatic heterocycles. The zero-order valence-electron chi connectivity index (χ0n) is 17.6. The van der Waals surface area contributed by atoms with Gasteiger partial charge in [0.1, 0.15) is 11.6 Å². The Hall–Kier alpha value is -3.90. The Kier molecular flexibility index (Phi) is 7.40. The van der Waals surface area contributed by atoms with E-state index < -0.39 is 22.5 Å². The molecule has 0 spiro atoms. The molecule has 12 heteroatoms. The van der Waals surface area contributed by atoms with Crippen molar-refractivity contribution in [3.63, 3.8) is 0 Å². The summed E-state index contributed by atoms with van der Waals surface area (Å²) < 4.78 is 0. The molecule has 0 bridgehead atoms. The van der Waals surface area contributed by atoms with Crippen LogP contribution in [-0.2, 0) is 11.5 Å². The Bertz CT molecular complexity index is 1350. The van der Waals surface area contributed by atoms with Gasteiger partial charge in [0.05, 0.1) is 0 Å². The van der Waals surface area contributed by atoms with Gasteiger partial charge in [0.15, 0.2) is 0 Å². The zero-order valence-corrected chi connectivity index (χ0v) is 19.3. The normalized spacial score (nSPS) is 10.7. The quantitative estimate of drug-likeness (QED) is 0.153. The van der Waals surface area contributed by atoms with E-state index in [0.717, 1.165) is 34.0 Å². The lowest BCUT2D eigenvalue weighted by Gasteiger charge is -2.09. The van der Waals surface area contributed by atoms with Crippen molar-refractivity contribution in [2.45, 2.75) is 11.5 Å². The van der Waals surface area contributed by atoms with Crippen LogP contribution in [0.3, 0.4) is 0 Å². The second kappa shape index (κ2) is 10.8. The molecule has 174 valence electrons. The first-order chi connectivity index (χ1) is 16.4. The fraction of sp³-hybridized carbons (Fsp3) is 0.0909. The largest absolute Gasteiger partial charge is 0.342 e. The second-order valence-corrected chi connectivity index (χ2v) is 9.64. The third kappa shape index (κ3) is 6.80. The number of hydrogen-bond donors (Lipinski definition) is 6. The van der Waals surface area contributed by atoms with Gasteiger partial charge in [-0.1, -0.05) is 45.9 Å². The minimum atomic E-state index is -0.567. The first kappa shape index (κ1) is 23.3. The minimum absolute atomic E-state index is 0.325. The van der Waals surface area contributed by atoms with Gasteiger partial charge in [-0.15, -0.1) is 0 Å². The number of benzene rings is 2. The summed E-state index contributed by atoms with van der Waals surface area (Å²) in [5.41, 5.74) is 1.62. The van der Waals surface area contributed by atoms with Crippen molar-refractivity contribution >= 4 is 44.6 Å².